The van der Waals surface area contributed by atoms with E-state index in [1.54, 1.807) is 0 Å². The molecule has 1 aromatic carbocycles. The average molecular weight is 338 g/mol. The second-order valence-corrected chi connectivity index (χ2v) is 4.98. The van der Waals surface area contributed by atoms with E-state index in [4.69, 9.17) is 23.2 Å². The molecule has 4 nitrogen and oxygen atoms in total. The highest BCUT2D eigenvalue weighted by molar-refractivity contribution is 6.35. The first-order valence-electron chi connectivity index (χ1n) is 5.60. The van der Waals surface area contributed by atoms with Crippen LogP contribution in [0.2, 0.25) is 10.0 Å². The number of hydrogen-bond acceptors (Lipinski definition) is 2. The summed E-state index contributed by atoms with van der Waals surface area (Å²) in [5, 5.41) is 6.41. The molecule has 0 aliphatic carbocycles. The van der Waals surface area contributed by atoms with Crippen molar-refractivity contribution in [2.75, 3.05) is 5.32 Å². The average Bonchev–Trinajstić information content (AvgIpc) is 2.75. The quantitative estimate of drug-likeness (QED) is 0.924. The molecule has 1 aromatic heterocycles. The number of rotatable bonds is 3. The predicted molar refractivity (Wildman–Crippen MR) is 72.3 cm³/mol. The monoisotopic (exact) mass is 337 g/mol. The maximum absolute atomic E-state index is 12.4. The maximum Gasteiger partial charge on any atom is 0.435 e. The standard InChI is InChI=1S/C12H8Cl2F3N3O/c13-7-3-8(14)5-9(4-7)18-11(21)6-20-2-1-10(19-20)12(15,16)17/h1-5H,6H2,(H,18,21). The van der Waals surface area contributed by atoms with Gasteiger partial charge in [0.05, 0.1) is 0 Å². The van der Waals surface area contributed by atoms with Gasteiger partial charge in [0.15, 0.2) is 5.69 Å². The normalized spacial score (nSPS) is 11.5. The van der Waals surface area contributed by atoms with Gasteiger partial charge in [0, 0.05) is 21.9 Å². The van der Waals surface area contributed by atoms with Crippen LogP contribution in [0.3, 0.4) is 0 Å². The minimum absolute atomic E-state index is 0.330. The van der Waals surface area contributed by atoms with Crippen LogP contribution in [0.1, 0.15) is 5.69 Å². The Morgan fingerprint density at radius 1 is 1.24 bits per heavy atom. The highest BCUT2D eigenvalue weighted by atomic mass is 35.5. The van der Waals surface area contributed by atoms with E-state index in [-0.39, 0.29) is 6.54 Å². The highest BCUT2D eigenvalue weighted by Gasteiger charge is 2.33. The molecule has 1 amide bonds. The molecule has 0 bridgehead atoms. The lowest BCUT2D eigenvalue weighted by Crippen LogP contribution is -2.19. The molecule has 0 fully saturated rings. The van der Waals surface area contributed by atoms with Crippen LogP contribution in [0.4, 0.5) is 18.9 Å². The smallest absolute Gasteiger partial charge is 0.324 e. The zero-order chi connectivity index (χ0) is 15.6. The van der Waals surface area contributed by atoms with Crippen molar-refractivity contribution in [1.29, 1.82) is 0 Å². The van der Waals surface area contributed by atoms with Crippen molar-refractivity contribution in [3.8, 4) is 0 Å². The second kappa shape index (κ2) is 5.95. The van der Waals surface area contributed by atoms with Crippen molar-refractivity contribution in [2.45, 2.75) is 12.7 Å². The summed E-state index contributed by atoms with van der Waals surface area (Å²) in [5.41, 5.74) is -0.707. The van der Waals surface area contributed by atoms with Gasteiger partial charge in [0.1, 0.15) is 6.54 Å². The molecule has 0 atom stereocenters. The topological polar surface area (TPSA) is 46.9 Å². The maximum atomic E-state index is 12.4. The lowest BCUT2D eigenvalue weighted by molar-refractivity contribution is -0.141. The number of nitrogens with zero attached hydrogens (tertiary/aromatic N) is 2. The van der Waals surface area contributed by atoms with Gasteiger partial charge in [0.25, 0.3) is 0 Å². The largest absolute Gasteiger partial charge is 0.435 e. The molecule has 112 valence electrons. The number of benzene rings is 1. The highest BCUT2D eigenvalue weighted by Crippen LogP contribution is 2.27. The van der Waals surface area contributed by atoms with Gasteiger partial charge in [-0.3, -0.25) is 9.48 Å². The summed E-state index contributed by atoms with van der Waals surface area (Å²) in [5.74, 6) is -0.551. The number of hydrogen-bond donors (Lipinski definition) is 1. The molecule has 0 saturated carbocycles. The number of carbonyl (C=O) groups is 1. The van der Waals surface area contributed by atoms with E-state index in [9.17, 15) is 18.0 Å². The summed E-state index contributed by atoms with van der Waals surface area (Å²) in [4.78, 5) is 11.7. The molecule has 1 heterocycles. The fourth-order valence-corrected chi connectivity index (χ4v) is 2.10. The Morgan fingerprint density at radius 3 is 2.38 bits per heavy atom. The van der Waals surface area contributed by atoms with Crippen LogP contribution in [-0.2, 0) is 17.5 Å². The molecule has 2 rings (SSSR count). The minimum atomic E-state index is -4.54. The molecule has 0 aliphatic heterocycles. The molecular weight excluding hydrogens is 330 g/mol. The SMILES string of the molecule is O=C(Cn1ccc(C(F)(F)F)n1)Nc1cc(Cl)cc(Cl)c1. The number of alkyl halides is 3. The third-order valence-corrected chi connectivity index (χ3v) is 2.82. The zero-order valence-corrected chi connectivity index (χ0v) is 11.8. The molecule has 2 aromatic rings. The first kappa shape index (κ1) is 15.7. The Hall–Kier alpha value is -1.73. The van der Waals surface area contributed by atoms with Gasteiger partial charge in [0.2, 0.25) is 5.91 Å². The molecule has 21 heavy (non-hydrogen) atoms. The number of halogens is 5. The van der Waals surface area contributed by atoms with Gasteiger partial charge < -0.3 is 5.32 Å². The summed E-state index contributed by atoms with van der Waals surface area (Å²) in [6.45, 7) is -0.361. The number of nitrogens with one attached hydrogen (secondary N) is 1. The third-order valence-electron chi connectivity index (χ3n) is 2.38. The summed E-state index contributed by atoms with van der Waals surface area (Å²) in [7, 11) is 0. The third kappa shape index (κ3) is 4.37. The molecule has 1 N–H and O–H groups in total. The van der Waals surface area contributed by atoms with E-state index in [1.165, 1.54) is 18.2 Å². The van der Waals surface area contributed by atoms with Crippen molar-refractivity contribution < 1.29 is 18.0 Å². The van der Waals surface area contributed by atoms with Crippen molar-refractivity contribution in [2.24, 2.45) is 0 Å². The summed E-state index contributed by atoms with van der Waals surface area (Å²) >= 11 is 11.5. The predicted octanol–water partition coefficient (Wildman–Crippen LogP) is 3.85. The molecule has 0 radical (unpaired) electrons. The van der Waals surface area contributed by atoms with Crippen molar-refractivity contribution in [3.63, 3.8) is 0 Å². The second-order valence-electron chi connectivity index (χ2n) is 4.10. The van der Waals surface area contributed by atoms with E-state index < -0.39 is 17.8 Å². The van der Waals surface area contributed by atoms with E-state index >= 15 is 0 Å². The number of carbonyl (C=O) groups excluding carboxylic acids is 1. The fraction of sp³-hybridized carbons (Fsp3) is 0.167. The van der Waals surface area contributed by atoms with Crippen LogP contribution < -0.4 is 5.32 Å². The van der Waals surface area contributed by atoms with E-state index in [0.29, 0.717) is 15.7 Å². The van der Waals surface area contributed by atoms with Crippen LogP contribution in [0.25, 0.3) is 0 Å². The molecular formula is C12H8Cl2F3N3O. The number of amides is 1. The van der Waals surface area contributed by atoms with Crippen molar-refractivity contribution in [1.82, 2.24) is 9.78 Å². The van der Waals surface area contributed by atoms with Crippen LogP contribution in [0.5, 0.6) is 0 Å². The Morgan fingerprint density at radius 2 is 1.86 bits per heavy atom. The van der Waals surface area contributed by atoms with Crippen LogP contribution >= 0.6 is 23.2 Å². The van der Waals surface area contributed by atoms with Crippen molar-refractivity contribution >= 4 is 34.8 Å². The minimum Gasteiger partial charge on any atom is -0.324 e. The Balaban J connectivity index is 2.03. The first-order valence-corrected chi connectivity index (χ1v) is 6.36. The van der Waals surface area contributed by atoms with Gasteiger partial charge in [-0.2, -0.15) is 18.3 Å². The van der Waals surface area contributed by atoms with Crippen LogP contribution in [0, 0.1) is 0 Å². The van der Waals surface area contributed by atoms with Crippen molar-refractivity contribution in [3.05, 3.63) is 46.2 Å². The lowest BCUT2D eigenvalue weighted by Gasteiger charge is -2.07. The Bertz CT molecular complexity index is 650. The van der Waals surface area contributed by atoms with E-state index in [0.717, 1.165) is 16.9 Å². The molecule has 0 spiro atoms. The zero-order valence-electron chi connectivity index (χ0n) is 10.3. The van der Waals surface area contributed by atoms with Gasteiger partial charge in [-0.1, -0.05) is 23.2 Å². The van der Waals surface area contributed by atoms with Crippen LogP contribution in [-0.4, -0.2) is 15.7 Å². The molecule has 9 heteroatoms. The van der Waals surface area contributed by atoms with Gasteiger partial charge >= 0.3 is 6.18 Å². The van der Waals surface area contributed by atoms with E-state index in [2.05, 4.69) is 10.4 Å². The van der Waals surface area contributed by atoms with Gasteiger partial charge in [-0.15, -0.1) is 0 Å². The first-order chi connectivity index (χ1) is 9.74. The summed E-state index contributed by atoms with van der Waals surface area (Å²) < 4.78 is 38.0. The fourth-order valence-electron chi connectivity index (χ4n) is 1.57. The Labute approximate surface area is 127 Å². The number of aromatic nitrogens is 2. The molecule has 0 unspecified atom stereocenters. The Kier molecular flexibility index (Phi) is 4.43. The summed E-state index contributed by atoms with van der Waals surface area (Å²) in [6.07, 6.45) is -3.46. The van der Waals surface area contributed by atoms with Crippen LogP contribution in [0.15, 0.2) is 30.5 Å². The summed E-state index contributed by atoms with van der Waals surface area (Å²) in [6, 6.07) is 5.22. The van der Waals surface area contributed by atoms with Gasteiger partial charge in [-0.25, -0.2) is 0 Å². The number of anilines is 1. The van der Waals surface area contributed by atoms with E-state index in [1.807, 2.05) is 0 Å². The molecule has 0 aliphatic rings. The molecule has 0 saturated heterocycles. The van der Waals surface area contributed by atoms with Gasteiger partial charge in [-0.05, 0) is 24.3 Å². The lowest BCUT2D eigenvalue weighted by atomic mass is 10.3.